The summed E-state index contributed by atoms with van der Waals surface area (Å²) >= 11 is 0. The van der Waals surface area contributed by atoms with Crippen molar-refractivity contribution in [1.82, 2.24) is 4.90 Å². The largest absolute Gasteiger partial charge is 1.00 e. The summed E-state index contributed by atoms with van der Waals surface area (Å²) in [6, 6.07) is 0. The van der Waals surface area contributed by atoms with E-state index in [0.29, 0.717) is 0 Å². The number of nitrogens with zero attached hydrogens (tertiary/aromatic N) is 1. The molecule has 1 heterocycles. The first-order chi connectivity index (χ1) is 8.78. The van der Waals surface area contributed by atoms with Gasteiger partial charge in [0.15, 0.2) is 0 Å². The number of unbranched alkanes of at least 4 members (excludes halogenated alkanes) is 3. The van der Waals surface area contributed by atoms with Crippen LogP contribution in [0.2, 0.25) is 0 Å². The molecule has 0 bridgehead atoms. The first kappa shape index (κ1) is 19.3. The van der Waals surface area contributed by atoms with Crippen molar-refractivity contribution in [1.29, 1.82) is 0 Å². The van der Waals surface area contributed by atoms with Crippen LogP contribution in [0.5, 0.6) is 0 Å². The van der Waals surface area contributed by atoms with Gasteiger partial charge in [-0.15, -0.1) is 0 Å². The third-order valence-electron chi connectivity index (χ3n) is 2.49. The Labute approximate surface area is 117 Å². The zero-order chi connectivity index (χ0) is 15.9. The van der Waals surface area contributed by atoms with Gasteiger partial charge in [-0.05, 0) is 25.6 Å². The molecule has 0 amide bonds. The molecule has 1 nitrogen and oxygen atoms in total. The average molecular weight is 325 g/mol. The fourth-order valence-electron chi connectivity index (χ4n) is 1.52. The third kappa shape index (κ3) is 19.6. The molecule has 0 aliphatic carbocycles. The molecule has 0 aromatic carbocycles. The van der Waals surface area contributed by atoms with Gasteiger partial charge in [-0.25, -0.2) is 0 Å². The van der Waals surface area contributed by atoms with E-state index in [1.807, 2.05) is 0 Å². The van der Waals surface area contributed by atoms with Crippen LogP contribution in [0.15, 0.2) is 23.9 Å². The second-order valence-electron chi connectivity index (χ2n) is 4.78. The van der Waals surface area contributed by atoms with Gasteiger partial charge < -0.3 is 4.90 Å². The molecule has 0 N–H and O–H groups in total. The van der Waals surface area contributed by atoms with Gasteiger partial charge in [-0.1, -0.05) is 37.8 Å². The maximum absolute atomic E-state index is 10.7. The van der Waals surface area contributed by atoms with Gasteiger partial charge in [0.05, 0.1) is 0 Å². The zero-order valence-corrected chi connectivity index (χ0v) is 12.5. The van der Waals surface area contributed by atoms with Crippen LogP contribution in [-0.4, -0.2) is 18.0 Å². The van der Waals surface area contributed by atoms with Crippen molar-refractivity contribution in [3.63, 3.8) is 0 Å². The number of hydrogen-bond donors (Lipinski definition) is 0. The minimum absolute atomic E-state index is 0. The molecule has 0 aromatic rings. The zero-order valence-electron chi connectivity index (χ0n) is 12.6. The van der Waals surface area contributed by atoms with Crippen LogP contribution in [0.3, 0.4) is 0 Å². The fraction of sp³-hybridized carbons (Fsp3) is 0.667. The molecule has 1 aliphatic rings. The van der Waals surface area contributed by atoms with Crippen LogP contribution in [0, 0.1) is 0 Å². The van der Waals surface area contributed by atoms with E-state index in [1.54, 1.807) is 0 Å². The number of rotatable bonds is 5. The van der Waals surface area contributed by atoms with Gasteiger partial charge in [0.25, 0.3) is 0 Å². The Morgan fingerprint density at radius 3 is 2.05 bits per heavy atom. The summed E-state index contributed by atoms with van der Waals surface area (Å²) in [6.45, 7) is 6.74. The van der Waals surface area contributed by atoms with E-state index >= 15 is 0 Å². The first-order valence-electron chi connectivity index (χ1n) is 6.43. The Bertz CT molecular complexity index is 351. The monoisotopic (exact) mass is 325 g/mol. The fourth-order valence-corrected chi connectivity index (χ4v) is 1.52. The molecule has 1 rings (SSSR count). The van der Waals surface area contributed by atoms with Gasteiger partial charge in [0, 0.05) is 13.1 Å². The smallest absolute Gasteiger partial charge is 1.00 e. The van der Waals surface area contributed by atoms with E-state index in [1.165, 1.54) is 37.8 Å². The molecule has 0 atom stereocenters. The van der Waals surface area contributed by atoms with Crippen molar-refractivity contribution in [3.8, 4) is 0 Å². The topological polar surface area (TPSA) is 3.24 Å². The average Bonchev–Trinajstić information content (AvgIpc) is 2.23. The number of hydrogen-bond acceptors (Lipinski definition) is 1. The molecule has 8 heteroatoms. The van der Waals surface area contributed by atoms with E-state index in [-0.39, 0.29) is 1.43 Å². The van der Waals surface area contributed by atoms with E-state index < -0.39 is 7.81 Å². The van der Waals surface area contributed by atoms with Crippen molar-refractivity contribution < 1.29 is 26.6 Å². The molecule has 0 fully saturated rings. The maximum atomic E-state index is 9.87. The molecule has 0 radical (unpaired) electrons. The summed E-state index contributed by atoms with van der Waals surface area (Å²) in [5, 5.41) is 0. The molecular weight excluding hydrogens is 303 g/mol. The van der Waals surface area contributed by atoms with E-state index in [9.17, 15) is 25.2 Å². The minimum Gasteiger partial charge on any atom is 1.00 e. The minimum atomic E-state index is -10.7. The second-order valence-corrected chi connectivity index (χ2v) is 6.69. The van der Waals surface area contributed by atoms with Gasteiger partial charge in [0.2, 0.25) is 0 Å². The summed E-state index contributed by atoms with van der Waals surface area (Å²) in [4.78, 5) is 2.39. The Morgan fingerprint density at radius 1 is 1.10 bits per heavy atom. The van der Waals surface area contributed by atoms with Crippen LogP contribution in [0.1, 0.15) is 41.0 Å². The van der Waals surface area contributed by atoms with Crippen LogP contribution in [0.4, 0.5) is 25.2 Å². The van der Waals surface area contributed by atoms with E-state index in [4.69, 9.17) is 0 Å². The second kappa shape index (κ2) is 6.37. The van der Waals surface area contributed by atoms with Crippen molar-refractivity contribution in [2.24, 2.45) is 0 Å². The van der Waals surface area contributed by atoms with Gasteiger partial charge in [-0.2, -0.15) is 0 Å². The van der Waals surface area contributed by atoms with E-state index in [0.717, 1.165) is 6.54 Å². The molecule has 0 aromatic heterocycles. The Kier molecular flexibility index (Phi) is 6.15. The Morgan fingerprint density at radius 2 is 1.65 bits per heavy atom. The molecule has 20 heavy (non-hydrogen) atoms. The molecule has 0 saturated carbocycles. The van der Waals surface area contributed by atoms with Crippen molar-refractivity contribution in [2.75, 3.05) is 13.1 Å². The normalized spacial score (nSPS) is 18.6. The molecule has 1 aliphatic heterocycles. The molecular formula is C12H22F6NP. The standard InChI is InChI=1S/C12H21N.F6P/c1-3-4-5-6-9-13-10-7-12(2)8-11-13;1-7(2,3,4,5)6/h7-8,10H,3-6,9,11H2,1-2H3;/q;-1/p+1. The van der Waals surface area contributed by atoms with Gasteiger partial charge in [-0.3, -0.25) is 0 Å². The predicted octanol–water partition coefficient (Wildman–Crippen LogP) is 6.84. The summed E-state index contributed by atoms with van der Waals surface area (Å²) in [7, 11) is -10.7. The summed E-state index contributed by atoms with van der Waals surface area (Å²) in [5.74, 6) is 0. The molecule has 0 saturated heterocycles. The SMILES string of the molecule is CCCCCCN1C=CC(C)=CC1.F[P-](F)(F)(F)(F)F.[H+]. The van der Waals surface area contributed by atoms with Crippen LogP contribution < -0.4 is 0 Å². The van der Waals surface area contributed by atoms with Crippen molar-refractivity contribution in [3.05, 3.63) is 23.9 Å². The number of allylic oxidation sites excluding steroid dienone is 2. The summed E-state index contributed by atoms with van der Waals surface area (Å²) in [5.41, 5.74) is 1.39. The van der Waals surface area contributed by atoms with Crippen LogP contribution >= 0.6 is 7.81 Å². The van der Waals surface area contributed by atoms with Gasteiger partial charge in [0.1, 0.15) is 0 Å². The maximum Gasteiger partial charge on any atom is 1.00 e. The molecule has 0 unspecified atom stereocenters. The summed E-state index contributed by atoms with van der Waals surface area (Å²) in [6.07, 6.45) is 12.1. The van der Waals surface area contributed by atoms with Gasteiger partial charge >= 0.3 is 34.4 Å². The quantitative estimate of drug-likeness (QED) is 0.304. The van der Waals surface area contributed by atoms with Crippen LogP contribution in [0.25, 0.3) is 0 Å². The Hall–Kier alpha value is -0.710. The van der Waals surface area contributed by atoms with Crippen LogP contribution in [-0.2, 0) is 0 Å². The summed E-state index contributed by atoms with van der Waals surface area (Å²) < 4.78 is 59.2. The van der Waals surface area contributed by atoms with E-state index in [2.05, 4.69) is 37.1 Å². The predicted molar refractivity (Wildman–Crippen MR) is 73.3 cm³/mol. The first-order valence-corrected chi connectivity index (χ1v) is 8.46. The molecule has 122 valence electrons. The third-order valence-corrected chi connectivity index (χ3v) is 2.49. The Balaban J connectivity index is 0. The van der Waals surface area contributed by atoms with Crippen molar-refractivity contribution in [2.45, 2.75) is 39.5 Å². The van der Waals surface area contributed by atoms with Crippen molar-refractivity contribution >= 4 is 7.81 Å². The molecule has 0 spiro atoms. The number of halogens is 6.